The second kappa shape index (κ2) is 8.80. The summed E-state index contributed by atoms with van der Waals surface area (Å²) < 4.78 is 0. The first-order valence-electron chi connectivity index (χ1n) is 8.31. The van der Waals surface area contributed by atoms with E-state index in [1.807, 2.05) is 60.7 Å². The summed E-state index contributed by atoms with van der Waals surface area (Å²) in [5, 5.41) is 15.7. The van der Waals surface area contributed by atoms with E-state index >= 15 is 0 Å². The predicted octanol–water partition coefficient (Wildman–Crippen LogP) is 0.578. The molecule has 0 radical (unpaired) electrons. The summed E-state index contributed by atoms with van der Waals surface area (Å²) in [5.74, 6) is -2.89. The molecule has 0 unspecified atom stereocenters. The Morgan fingerprint density at radius 1 is 0.731 bits per heavy atom. The van der Waals surface area contributed by atoms with Crippen molar-refractivity contribution in [2.24, 2.45) is 0 Å². The molecule has 2 rings (SSSR count). The number of carboxylic acids is 1. The number of carbonyl (C=O) groups excluding carboxylic acids is 3. The van der Waals surface area contributed by atoms with Gasteiger partial charge < -0.3 is 20.5 Å². The number of hydrogen-bond donors (Lipinski definition) is 2. The van der Waals surface area contributed by atoms with E-state index in [1.54, 1.807) is 0 Å². The van der Waals surface area contributed by atoms with Crippen molar-refractivity contribution in [3.8, 4) is 0 Å². The molecule has 6 nitrogen and oxygen atoms in total. The fraction of sp³-hybridized carbons (Fsp3) is 0.250. The zero-order chi connectivity index (χ0) is 19.1. The molecule has 6 heteroatoms. The fourth-order valence-corrected chi connectivity index (χ4v) is 2.55. The number of aliphatic carboxylic acids is 1. The molecule has 0 aromatic heterocycles. The van der Waals surface area contributed by atoms with Crippen LogP contribution in [-0.2, 0) is 14.4 Å². The predicted molar refractivity (Wildman–Crippen MR) is 94.9 cm³/mol. The van der Waals surface area contributed by atoms with E-state index in [0.717, 1.165) is 11.1 Å². The minimum Gasteiger partial charge on any atom is -0.548 e. The maximum absolute atomic E-state index is 12.9. The summed E-state index contributed by atoms with van der Waals surface area (Å²) in [7, 11) is 0. The second-order valence-electron chi connectivity index (χ2n) is 6.03. The van der Waals surface area contributed by atoms with Gasteiger partial charge in [0.2, 0.25) is 11.8 Å². The third-order valence-electron chi connectivity index (χ3n) is 3.99. The Bertz CT molecular complexity index is 722. The molecule has 2 N–H and O–H groups in total. The molecule has 2 amide bonds. The van der Waals surface area contributed by atoms with Crippen molar-refractivity contribution in [1.82, 2.24) is 10.6 Å². The number of amides is 2. The maximum atomic E-state index is 12.9. The van der Waals surface area contributed by atoms with Crippen LogP contribution in [0.25, 0.3) is 0 Å². The highest BCUT2D eigenvalue weighted by Crippen LogP contribution is 2.24. The Morgan fingerprint density at radius 2 is 1.15 bits per heavy atom. The van der Waals surface area contributed by atoms with Gasteiger partial charge in [-0.05, 0) is 25.0 Å². The first kappa shape index (κ1) is 19.2. The maximum Gasteiger partial charge on any atom is 0.242 e. The number of hydrogen-bond acceptors (Lipinski definition) is 4. The summed E-state index contributed by atoms with van der Waals surface area (Å²) in [4.78, 5) is 35.7. The van der Waals surface area contributed by atoms with Crippen LogP contribution in [0.4, 0.5) is 0 Å². The second-order valence-corrected chi connectivity index (χ2v) is 6.03. The molecular weight excluding hydrogens is 332 g/mol. The lowest BCUT2D eigenvalue weighted by Gasteiger charge is -2.22. The Kier molecular flexibility index (Phi) is 6.49. The van der Waals surface area contributed by atoms with E-state index < -0.39 is 29.9 Å². The topological polar surface area (TPSA) is 98.3 Å². The van der Waals surface area contributed by atoms with Gasteiger partial charge in [0.1, 0.15) is 6.04 Å². The van der Waals surface area contributed by atoms with Gasteiger partial charge in [-0.3, -0.25) is 9.59 Å². The fourth-order valence-electron chi connectivity index (χ4n) is 2.55. The zero-order valence-corrected chi connectivity index (χ0v) is 14.6. The molecule has 0 heterocycles. The Balaban J connectivity index is 2.17. The summed E-state index contributed by atoms with van der Waals surface area (Å²) in [6, 6.07) is 16.5. The highest BCUT2D eigenvalue weighted by molar-refractivity contribution is 5.93. The minimum atomic E-state index is -1.39. The van der Waals surface area contributed by atoms with Gasteiger partial charge in [-0.2, -0.15) is 0 Å². The SMILES string of the molecule is C[C@H](NC(=O)[C@@H](C)NC(=O)C(c1ccccc1)c1ccccc1)C(=O)[O-]. The zero-order valence-electron chi connectivity index (χ0n) is 14.6. The molecule has 0 spiro atoms. The van der Waals surface area contributed by atoms with Crippen molar-refractivity contribution in [3.05, 3.63) is 71.8 Å². The molecule has 0 aliphatic rings. The molecule has 0 saturated carbocycles. The van der Waals surface area contributed by atoms with E-state index in [-0.39, 0.29) is 5.91 Å². The number of carboxylic acid groups (broad SMARTS) is 1. The smallest absolute Gasteiger partial charge is 0.242 e. The summed E-state index contributed by atoms with van der Waals surface area (Å²) in [5.41, 5.74) is 1.60. The number of rotatable bonds is 7. The van der Waals surface area contributed by atoms with Crippen LogP contribution in [0.1, 0.15) is 30.9 Å². The minimum absolute atomic E-state index is 0.342. The first-order chi connectivity index (χ1) is 12.4. The first-order valence-corrected chi connectivity index (χ1v) is 8.31. The average Bonchev–Trinajstić information content (AvgIpc) is 2.63. The summed E-state index contributed by atoms with van der Waals surface area (Å²) in [6.07, 6.45) is 0. The Morgan fingerprint density at radius 3 is 1.58 bits per heavy atom. The molecular formula is C20H21N2O4-. The van der Waals surface area contributed by atoms with Gasteiger partial charge in [-0.25, -0.2) is 0 Å². The average molecular weight is 353 g/mol. The van der Waals surface area contributed by atoms with E-state index in [0.29, 0.717) is 0 Å². The van der Waals surface area contributed by atoms with E-state index in [1.165, 1.54) is 13.8 Å². The molecule has 0 saturated heterocycles. The standard InChI is InChI=1S/C20H22N2O4/c1-13(18(23)22-14(2)20(25)26)21-19(24)17(15-9-5-3-6-10-15)16-11-7-4-8-12-16/h3-14,17H,1-2H3,(H,21,24)(H,22,23)(H,25,26)/p-1/t13-,14+/m1/s1. The summed E-state index contributed by atoms with van der Waals surface area (Å²) >= 11 is 0. The molecule has 136 valence electrons. The van der Waals surface area contributed by atoms with Crippen LogP contribution in [0.5, 0.6) is 0 Å². The third-order valence-corrected chi connectivity index (χ3v) is 3.99. The van der Waals surface area contributed by atoms with Crippen molar-refractivity contribution in [1.29, 1.82) is 0 Å². The molecule has 26 heavy (non-hydrogen) atoms. The van der Waals surface area contributed by atoms with Crippen LogP contribution in [0, 0.1) is 0 Å². The van der Waals surface area contributed by atoms with Gasteiger partial charge in [-0.15, -0.1) is 0 Å². The van der Waals surface area contributed by atoms with Crippen molar-refractivity contribution in [2.75, 3.05) is 0 Å². The highest BCUT2D eigenvalue weighted by atomic mass is 16.4. The van der Waals surface area contributed by atoms with Crippen molar-refractivity contribution in [2.45, 2.75) is 31.8 Å². The van der Waals surface area contributed by atoms with Crippen molar-refractivity contribution >= 4 is 17.8 Å². The van der Waals surface area contributed by atoms with Crippen molar-refractivity contribution in [3.63, 3.8) is 0 Å². The van der Waals surface area contributed by atoms with E-state index in [9.17, 15) is 19.5 Å². The third kappa shape index (κ3) is 4.92. The lowest BCUT2D eigenvalue weighted by Crippen LogP contribution is -2.52. The molecule has 0 bridgehead atoms. The molecule has 2 atom stereocenters. The van der Waals surface area contributed by atoms with Crippen molar-refractivity contribution < 1.29 is 19.5 Å². The van der Waals surface area contributed by atoms with Gasteiger partial charge >= 0.3 is 0 Å². The van der Waals surface area contributed by atoms with E-state index in [4.69, 9.17) is 0 Å². The largest absolute Gasteiger partial charge is 0.548 e. The van der Waals surface area contributed by atoms with Crippen LogP contribution in [0.3, 0.4) is 0 Å². The van der Waals surface area contributed by atoms with Crippen LogP contribution in [0.2, 0.25) is 0 Å². The molecule has 2 aromatic carbocycles. The number of carbonyl (C=O) groups is 3. The van der Waals surface area contributed by atoms with E-state index in [2.05, 4.69) is 10.6 Å². The van der Waals surface area contributed by atoms with Gasteiger partial charge in [0.15, 0.2) is 0 Å². The Hall–Kier alpha value is -3.15. The Labute approximate surface area is 152 Å². The molecule has 0 aliphatic carbocycles. The normalized spacial score (nSPS) is 12.9. The number of nitrogens with one attached hydrogen (secondary N) is 2. The highest BCUT2D eigenvalue weighted by Gasteiger charge is 2.26. The quantitative estimate of drug-likeness (QED) is 0.761. The van der Waals surface area contributed by atoms with Crippen LogP contribution < -0.4 is 15.7 Å². The van der Waals surface area contributed by atoms with Gasteiger partial charge in [0.05, 0.1) is 17.9 Å². The van der Waals surface area contributed by atoms with Gasteiger partial charge in [-0.1, -0.05) is 60.7 Å². The lowest BCUT2D eigenvalue weighted by atomic mass is 9.90. The van der Waals surface area contributed by atoms with Crippen LogP contribution in [-0.4, -0.2) is 29.9 Å². The monoisotopic (exact) mass is 353 g/mol. The van der Waals surface area contributed by atoms with Crippen LogP contribution in [0.15, 0.2) is 60.7 Å². The molecule has 2 aromatic rings. The lowest BCUT2D eigenvalue weighted by molar-refractivity contribution is -0.307. The van der Waals surface area contributed by atoms with Crippen LogP contribution >= 0.6 is 0 Å². The number of benzene rings is 2. The summed E-state index contributed by atoms with van der Waals surface area (Å²) in [6.45, 7) is 2.81. The molecule has 0 aliphatic heterocycles. The van der Waals surface area contributed by atoms with Gasteiger partial charge in [0.25, 0.3) is 0 Å². The molecule has 0 fully saturated rings. The van der Waals surface area contributed by atoms with Gasteiger partial charge in [0, 0.05) is 0 Å².